The maximum atomic E-state index is 13.0. The standard InChI is InChI=1S/C18H19FN2O2.C7H8O3S/c19-14-3-1-13(2-4-14)16-5-6-17(23-16)18(22)20-15-11-21-9-7-12(15)8-10-21;1-6-2-4-7(5-3-6)11(8,9)10/h1-6,12,15H,7-11H2,(H,20,22);2-5H,1H3,(H,8,9,10)/t15-;/m0./s1. The van der Waals surface area contributed by atoms with Crippen molar-refractivity contribution in [1.29, 1.82) is 0 Å². The number of rotatable bonds is 4. The molecule has 0 spiro atoms. The molecule has 3 aliphatic heterocycles. The molecule has 9 heteroatoms. The normalized spacial score (nSPS) is 21.4. The van der Waals surface area contributed by atoms with Crippen LogP contribution in [0.4, 0.5) is 4.39 Å². The number of carbonyl (C=O) groups is 1. The summed E-state index contributed by atoms with van der Waals surface area (Å²) in [5.74, 6) is 0.998. The van der Waals surface area contributed by atoms with Gasteiger partial charge in [-0.15, -0.1) is 0 Å². The van der Waals surface area contributed by atoms with Crippen LogP contribution in [0.15, 0.2) is 70.0 Å². The van der Waals surface area contributed by atoms with E-state index in [9.17, 15) is 17.6 Å². The summed E-state index contributed by atoms with van der Waals surface area (Å²) in [5.41, 5.74) is 1.71. The van der Waals surface area contributed by atoms with Gasteiger partial charge in [0, 0.05) is 18.2 Å². The highest BCUT2D eigenvalue weighted by Gasteiger charge is 2.35. The quantitative estimate of drug-likeness (QED) is 0.538. The highest BCUT2D eigenvalue weighted by molar-refractivity contribution is 7.85. The number of piperidine rings is 3. The third-order valence-corrected chi connectivity index (χ3v) is 7.12. The van der Waals surface area contributed by atoms with E-state index in [4.69, 9.17) is 8.97 Å². The molecule has 0 saturated carbocycles. The summed E-state index contributed by atoms with van der Waals surface area (Å²) in [6, 6.07) is 15.7. The van der Waals surface area contributed by atoms with Crippen LogP contribution >= 0.6 is 0 Å². The van der Waals surface area contributed by atoms with E-state index in [1.54, 1.807) is 36.4 Å². The van der Waals surface area contributed by atoms with Crippen molar-refractivity contribution < 1.29 is 26.6 Å². The molecule has 1 aromatic heterocycles. The van der Waals surface area contributed by atoms with E-state index in [-0.39, 0.29) is 22.7 Å². The number of benzene rings is 2. The van der Waals surface area contributed by atoms with Crippen molar-refractivity contribution in [2.75, 3.05) is 19.6 Å². The van der Waals surface area contributed by atoms with E-state index in [0.717, 1.165) is 43.6 Å². The molecule has 0 aliphatic carbocycles. The number of carbonyl (C=O) groups excluding carboxylic acids is 1. The van der Waals surface area contributed by atoms with E-state index in [1.807, 2.05) is 6.92 Å². The van der Waals surface area contributed by atoms with Crippen LogP contribution in [0.5, 0.6) is 0 Å². The molecular formula is C25H27FN2O5S. The van der Waals surface area contributed by atoms with Crippen LogP contribution in [0.2, 0.25) is 0 Å². The van der Waals surface area contributed by atoms with Gasteiger partial charge in [-0.05, 0) is 87.3 Å². The van der Waals surface area contributed by atoms with E-state index >= 15 is 0 Å². The van der Waals surface area contributed by atoms with Crippen LogP contribution in [-0.4, -0.2) is 49.5 Å². The first-order valence-corrected chi connectivity index (χ1v) is 12.6. The summed E-state index contributed by atoms with van der Waals surface area (Å²) < 4.78 is 48.2. The smallest absolute Gasteiger partial charge is 0.294 e. The number of nitrogens with zero attached hydrogens (tertiary/aromatic N) is 1. The minimum atomic E-state index is -4.02. The molecule has 2 aromatic carbocycles. The molecule has 6 rings (SSSR count). The maximum absolute atomic E-state index is 13.0. The predicted octanol–water partition coefficient (Wildman–Crippen LogP) is 4.15. The van der Waals surface area contributed by atoms with Gasteiger partial charge in [0.2, 0.25) is 0 Å². The molecule has 0 radical (unpaired) electrons. The van der Waals surface area contributed by atoms with Gasteiger partial charge in [0.25, 0.3) is 16.0 Å². The lowest BCUT2D eigenvalue weighted by Crippen LogP contribution is -2.57. The molecule has 2 N–H and O–H groups in total. The van der Waals surface area contributed by atoms with Crippen molar-refractivity contribution in [1.82, 2.24) is 10.2 Å². The van der Waals surface area contributed by atoms with Gasteiger partial charge in [-0.2, -0.15) is 8.42 Å². The lowest BCUT2D eigenvalue weighted by atomic mass is 9.84. The molecule has 7 nitrogen and oxygen atoms in total. The molecule has 2 bridgehead atoms. The Morgan fingerprint density at radius 3 is 2.24 bits per heavy atom. The van der Waals surface area contributed by atoms with Gasteiger partial charge < -0.3 is 14.6 Å². The zero-order valence-electron chi connectivity index (χ0n) is 18.8. The van der Waals surface area contributed by atoms with Gasteiger partial charge in [-0.3, -0.25) is 9.35 Å². The second-order valence-electron chi connectivity index (χ2n) is 8.68. The van der Waals surface area contributed by atoms with Crippen LogP contribution in [0.1, 0.15) is 29.0 Å². The molecule has 3 aromatic rings. The van der Waals surface area contributed by atoms with Crippen LogP contribution in [0, 0.1) is 18.7 Å². The number of halogens is 1. The molecule has 3 fully saturated rings. The molecule has 4 heterocycles. The Bertz CT molecular complexity index is 1230. The number of hydrogen-bond acceptors (Lipinski definition) is 5. The third kappa shape index (κ3) is 5.91. The first-order valence-electron chi connectivity index (χ1n) is 11.1. The van der Waals surface area contributed by atoms with Gasteiger partial charge in [-0.25, -0.2) is 4.39 Å². The van der Waals surface area contributed by atoms with Crippen molar-refractivity contribution in [3.8, 4) is 11.3 Å². The Morgan fingerprint density at radius 1 is 1.03 bits per heavy atom. The molecular weight excluding hydrogens is 459 g/mol. The Morgan fingerprint density at radius 2 is 1.68 bits per heavy atom. The number of fused-ring (bicyclic) bond motifs is 3. The summed E-state index contributed by atoms with van der Waals surface area (Å²) in [4.78, 5) is 14.7. The van der Waals surface area contributed by atoms with Crippen LogP contribution in [0.25, 0.3) is 11.3 Å². The summed E-state index contributed by atoms with van der Waals surface area (Å²) in [6.45, 7) is 5.06. The minimum Gasteiger partial charge on any atom is -0.451 e. The average molecular weight is 487 g/mol. The number of amides is 1. The minimum absolute atomic E-state index is 0.0666. The van der Waals surface area contributed by atoms with E-state index in [2.05, 4.69) is 10.2 Å². The zero-order chi connectivity index (χ0) is 24.3. The SMILES string of the molecule is Cc1ccc(S(=O)(=O)O)cc1.O=C(N[C@H]1CN2CCC1CC2)c1ccc(-c2ccc(F)cc2)o1. The van der Waals surface area contributed by atoms with Crippen molar-refractivity contribution in [3.63, 3.8) is 0 Å². The molecule has 1 atom stereocenters. The second kappa shape index (κ2) is 10.1. The molecule has 180 valence electrons. The van der Waals surface area contributed by atoms with Gasteiger partial charge in [0.05, 0.1) is 4.90 Å². The monoisotopic (exact) mass is 486 g/mol. The number of nitrogens with one attached hydrogen (secondary N) is 1. The van der Waals surface area contributed by atoms with Gasteiger partial charge in [-0.1, -0.05) is 17.7 Å². The second-order valence-corrected chi connectivity index (χ2v) is 10.1. The fraction of sp³-hybridized carbons (Fsp3) is 0.320. The molecule has 34 heavy (non-hydrogen) atoms. The highest BCUT2D eigenvalue weighted by Crippen LogP contribution is 2.28. The Hall–Kier alpha value is -3.01. The highest BCUT2D eigenvalue weighted by atomic mass is 32.2. The summed E-state index contributed by atoms with van der Waals surface area (Å²) in [7, 11) is -4.02. The molecule has 3 saturated heterocycles. The van der Waals surface area contributed by atoms with E-state index < -0.39 is 10.1 Å². The lowest BCUT2D eigenvalue weighted by molar-refractivity contribution is 0.0606. The van der Waals surface area contributed by atoms with Gasteiger partial charge in [0.1, 0.15) is 11.6 Å². The molecule has 0 unspecified atom stereocenters. The largest absolute Gasteiger partial charge is 0.451 e. The van der Waals surface area contributed by atoms with Crippen LogP contribution < -0.4 is 5.32 Å². The predicted molar refractivity (Wildman–Crippen MR) is 126 cm³/mol. The first-order chi connectivity index (χ1) is 16.2. The molecule has 3 aliphatic rings. The van der Waals surface area contributed by atoms with E-state index in [1.165, 1.54) is 24.3 Å². The maximum Gasteiger partial charge on any atom is 0.294 e. The van der Waals surface area contributed by atoms with Crippen molar-refractivity contribution >= 4 is 16.0 Å². The fourth-order valence-electron chi connectivity index (χ4n) is 4.31. The number of hydrogen-bond donors (Lipinski definition) is 2. The Balaban J connectivity index is 0.000000210. The summed E-state index contributed by atoms with van der Waals surface area (Å²) >= 11 is 0. The summed E-state index contributed by atoms with van der Waals surface area (Å²) in [6.07, 6.45) is 2.31. The fourth-order valence-corrected chi connectivity index (χ4v) is 4.79. The lowest BCUT2D eigenvalue weighted by Gasteiger charge is -2.44. The van der Waals surface area contributed by atoms with Crippen molar-refractivity contribution in [2.45, 2.75) is 30.7 Å². The van der Waals surface area contributed by atoms with Gasteiger partial charge in [0.15, 0.2) is 5.76 Å². The van der Waals surface area contributed by atoms with Crippen molar-refractivity contribution in [2.24, 2.45) is 5.92 Å². The Kier molecular flexibility index (Phi) is 7.16. The number of furan rings is 1. The Labute approximate surface area is 198 Å². The van der Waals surface area contributed by atoms with E-state index in [0.29, 0.717) is 17.4 Å². The number of aryl methyl sites for hydroxylation is 1. The third-order valence-electron chi connectivity index (χ3n) is 6.25. The van der Waals surface area contributed by atoms with Crippen LogP contribution in [-0.2, 0) is 10.1 Å². The average Bonchev–Trinajstić information content (AvgIpc) is 3.31. The first kappa shape index (κ1) is 24.1. The summed E-state index contributed by atoms with van der Waals surface area (Å²) in [5, 5.41) is 3.11. The zero-order valence-corrected chi connectivity index (χ0v) is 19.6. The van der Waals surface area contributed by atoms with Crippen molar-refractivity contribution in [3.05, 3.63) is 77.8 Å². The van der Waals surface area contributed by atoms with Gasteiger partial charge >= 0.3 is 0 Å². The van der Waals surface area contributed by atoms with Crippen LogP contribution in [0.3, 0.4) is 0 Å². The molecule has 1 amide bonds. The topological polar surface area (TPSA) is 99.8 Å².